The van der Waals surface area contributed by atoms with Crippen LogP contribution < -0.4 is 0 Å². The fourth-order valence-corrected chi connectivity index (χ4v) is 5.11. The summed E-state index contributed by atoms with van der Waals surface area (Å²) in [5, 5.41) is 1.10. The smallest absolute Gasteiger partial charge is 0.0710 e. The van der Waals surface area contributed by atoms with E-state index in [1.54, 1.807) is 0 Å². The summed E-state index contributed by atoms with van der Waals surface area (Å²) in [6, 6.07) is 0.832. The Morgan fingerprint density at radius 1 is 0.950 bits per heavy atom. The van der Waals surface area contributed by atoms with Gasteiger partial charge in [0.25, 0.3) is 0 Å². The molecule has 0 radical (unpaired) electrons. The van der Waals surface area contributed by atoms with Gasteiger partial charge in [0.15, 0.2) is 0 Å². The zero-order chi connectivity index (χ0) is 13.8. The first-order chi connectivity index (χ1) is 9.81. The van der Waals surface area contributed by atoms with Crippen LogP contribution in [0.2, 0.25) is 0 Å². The summed E-state index contributed by atoms with van der Waals surface area (Å²) < 4.78 is 6.57. The van der Waals surface area contributed by atoms with Crippen LogP contribution >= 0.6 is 15.9 Å². The zero-order valence-electron chi connectivity index (χ0n) is 12.8. The van der Waals surface area contributed by atoms with E-state index >= 15 is 0 Å². The molecule has 1 saturated heterocycles. The SMILES string of the molecule is BrCCN(CC1CCC2(CCCCC2)O1)C1CCCC1. The highest BCUT2D eigenvalue weighted by Crippen LogP contribution is 2.42. The third-order valence-electron chi connectivity index (χ3n) is 5.75. The Labute approximate surface area is 132 Å². The normalized spacial score (nSPS) is 30.6. The molecule has 1 atom stereocenters. The molecule has 1 unspecified atom stereocenters. The molecular weight excluding hydrogens is 314 g/mol. The number of halogens is 1. The van der Waals surface area contributed by atoms with Crippen LogP contribution in [0.15, 0.2) is 0 Å². The summed E-state index contributed by atoms with van der Waals surface area (Å²) in [6.07, 6.45) is 15.7. The predicted octanol–water partition coefficient (Wildman–Crippen LogP) is 4.51. The highest BCUT2D eigenvalue weighted by atomic mass is 79.9. The first-order valence-corrected chi connectivity index (χ1v) is 9.91. The van der Waals surface area contributed by atoms with Crippen LogP contribution in [-0.2, 0) is 4.74 Å². The zero-order valence-corrected chi connectivity index (χ0v) is 14.4. The minimum atomic E-state index is 0.290. The molecule has 0 aromatic heterocycles. The summed E-state index contributed by atoms with van der Waals surface area (Å²) in [7, 11) is 0. The van der Waals surface area contributed by atoms with Gasteiger partial charge >= 0.3 is 0 Å². The van der Waals surface area contributed by atoms with E-state index in [2.05, 4.69) is 20.8 Å². The molecular formula is C17H30BrNO. The average molecular weight is 344 g/mol. The second kappa shape index (κ2) is 7.11. The van der Waals surface area contributed by atoms with E-state index in [-0.39, 0.29) is 0 Å². The summed E-state index contributed by atoms with van der Waals surface area (Å²) in [4.78, 5) is 2.72. The summed E-state index contributed by atoms with van der Waals surface area (Å²) in [5.41, 5.74) is 0.290. The van der Waals surface area contributed by atoms with E-state index in [1.165, 1.54) is 83.7 Å². The van der Waals surface area contributed by atoms with Gasteiger partial charge in [-0.3, -0.25) is 4.90 Å². The van der Waals surface area contributed by atoms with Crippen molar-refractivity contribution < 1.29 is 4.74 Å². The van der Waals surface area contributed by atoms with E-state index in [1.807, 2.05) is 0 Å². The van der Waals surface area contributed by atoms with Crippen molar-refractivity contribution in [1.82, 2.24) is 4.90 Å². The van der Waals surface area contributed by atoms with Gasteiger partial charge in [0.05, 0.1) is 11.7 Å². The van der Waals surface area contributed by atoms with Crippen LogP contribution in [0.25, 0.3) is 0 Å². The van der Waals surface area contributed by atoms with Crippen molar-refractivity contribution in [2.45, 2.75) is 88.4 Å². The van der Waals surface area contributed by atoms with E-state index in [4.69, 9.17) is 4.74 Å². The predicted molar refractivity (Wildman–Crippen MR) is 87.5 cm³/mol. The van der Waals surface area contributed by atoms with E-state index in [9.17, 15) is 0 Å². The Bertz CT molecular complexity index is 297. The Kier molecular flexibility index (Phi) is 5.44. The molecule has 0 bridgehead atoms. The lowest BCUT2D eigenvalue weighted by Crippen LogP contribution is -2.41. The second-order valence-corrected chi connectivity index (χ2v) is 7.94. The fraction of sp³-hybridized carbons (Fsp3) is 1.00. The molecule has 3 rings (SSSR count). The lowest BCUT2D eigenvalue weighted by Gasteiger charge is -2.35. The quantitative estimate of drug-likeness (QED) is 0.681. The standard InChI is InChI=1S/C17H30BrNO/c18-12-13-19(15-6-2-3-7-15)14-16-8-11-17(20-16)9-4-1-5-10-17/h15-16H,1-14H2. The van der Waals surface area contributed by atoms with Crippen molar-refractivity contribution in [3.63, 3.8) is 0 Å². The maximum Gasteiger partial charge on any atom is 0.0710 e. The molecule has 20 heavy (non-hydrogen) atoms. The number of hydrogen-bond donors (Lipinski definition) is 0. The van der Waals surface area contributed by atoms with Gasteiger partial charge in [-0.05, 0) is 38.5 Å². The molecule has 3 aliphatic rings. The number of nitrogens with zero attached hydrogens (tertiary/aromatic N) is 1. The van der Waals surface area contributed by atoms with Crippen molar-refractivity contribution in [3.05, 3.63) is 0 Å². The Morgan fingerprint density at radius 3 is 2.40 bits per heavy atom. The first kappa shape index (κ1) is 15.3. The highest BCUT2D eigenvalue weighted by Gasteiger charge is 2.41. The third kappa shape index (κ3) is 3.59. The van der Waals surface area contributed by atoms with Gasteiger partial charge in [-0.2, -0.15) is 0 Å². The summed E-state index contributed by atoms with van der Waals surface area (Å²) >= 11 is 3.63. The molecule has 2 nitrogen and oxygen atoms in total. The first-order valence-electron chi connectivity index (χ1n) is 8.79. The Morgan fingerprint density at radius 2 is 1.70 bits per heavy atom. The molecule has 0 amide bonds. The minimum absolute atomic E-state index is 0.290. The molecule has 3 heteroatoms. The van der Waals surface area contributed by atoms with Gasteiger partial charge in [-0.25, -0.2) is 0 Å². The van der Waals surface area contributed by atoms with Crippen LogP contribution in [0, 0.1) is 0 Å². The third-order valence-corrected chi connectivity index (χ3v) is 6.11. The van der Waals surface area contributed by atoms with E-state index < -0.39 is 0 Å². The van der Waals surface area contributed by atoms with Crippen molar-refractivity contribution in [1.29, 1.82) is 0 Å². The van der Waals surface area contributed by atoms with Crippen LogP contribution in [0.3, 0.4) is 0 Å². The van der Waals surface area contributed by atoms with Gasteiger partial charge in [-0.15, -0.1) is 0 Å². The van der Waals surface area contributed by atoms with E-state index in [0.717, 1.165) is 11.4 Å². The average Bonchev–Trinajstić information content (AvgIpc) is 3.10. The molecule has 0 aromatic carbocycles. The fourth-order valence-electron chi connectivity index (χ4n) is 4.65. The number of ether oxygens (including phenoxy) is 1. The van der Waals surface area contributed by atoms with Gasteiger partial charge in [0, 0.05) is 24.5 Å². The van der Waals surface area contributed by atoms with Gasteiger partial charge in [-0.1, -0.05) is 48.0 Å². The molecule has 0 aromatic rings. The van der Waals surface area contributed by atoms with Gasteiger partial charge in [0.2, 0.25) is 0 Å². The molecule has 3 fully saturated rings. The van der Waals surface area contributed by atoms with Gasteiger partial charge in [0.1, 0.15) is 0 Å². The minimum Gasteiger partial charge on any atom is -0.370 e. The van der Waals surface area contributed by atoms with Crippen LogP contribution in [-0.4, -0.2) is 41.1 Å². The summed E-state index contributed by atoms with van der Waals surface area (Å²) in [6.45, 7) is 2.37. The lowest BCUT2D eigenvalue weighted by molar-refractivity contribution is -0.0741. The van der Waals surface area contributed by atoms with Crippen molar-refractivity contribution in [3.8, 4) is 0 Å². The molecule has 2 aliphatic carbocycles. The van der Waals surface area contributed by atoms with Gasteiger partial charge < -0.3 is 4.74 Å². The monoisotopic (exact) mass is 343 g/mol. The molecule has 0 N–H and O–H groups in total. The van der Waals surface area contributed by atoms with Crippen LogP contribution in [0.4, 0.5) is 0 Å². The molecule has 116 valence electrons. The second-order valence-electron chi connectivity index (χ2n) is 7.14. The maximum absolute atomic E-state index is 6.57. The Hall–Kier alpha value is 0.400. The lowest BCUT2D eigenvalue weighted by atomic mass is 9.83. The van der Waals surface area contributed by atoms with Crippen LogP contribution in [0.5, 0.6) is 0 Å². The molecule has 1 spiro atoms. The molecule has 2 saturated carbocycles. The number of hydrogen-bond acceptors (Lipinski definition) is 2. The highest BCUT2D eigenvalue weighted by molar-refractivity contribution is 9.09. The van der Waals surface area contributed by atoms with E-state index in [0.29, 0.717) is 11.7 Å². The molecule has 1 heterocycles. The van der Waals surface area contributed by atoms with Crippen LogP contribution in [0.1, 0.15) is 70.6 Å². The number of alkyl halides is 1. The number of rotatable bonds is 5. The molecule has 1 aliphatic heterocycles. The van der Waals surface area contributed by atoms with Crippen molar-refractivity contribution >= 4 is 15.9 Å². The summed E-state index contributed by atoms with van der Waals surface area (Å²) in [5.74, 6) is 0. The largest absolute Gasteiger partial charge is 0.370 e. The Balaban J connectivity index is 1.53. The maximum atomic E-state index is 6.57. The van der Waals surface area contributed by atoms with Crippen molar-refractivity contribution in [2.75, 3.05) is 18.4 Å². The van der Waals surface area contributed by atoms with Crippen molar-refractivity contribution in [2.24, 2.45) is 0 Å². The topological polar surface area (TPSA) is 12.5 Å².